The van der Waals surface area contributed by atoms with E-state index in [0.717, 1.165) is 22.6 Å². The van der Waals surface area contributed by atoms with Crippen LogP contribution in [0, 0.1) is 6.92 Å². The summed E-state index contributed by atoms with van der Waals surface area (Å²) in [4.78, 5) is 25.4. The van der Waals surface area contributed by atoms with E-state index in [1.807, 2.05) is 16.7 Å². The number of benzene rings is 1. The Bertz CT molecular complexity index is 1070. The number of nitrogens with zero attached hydrogens (tertiary/aromatic N) is 4. The van der Waals surface area contributed by atoms with Gasteiger partial charge in [-0.25, -0.2) is 9.97 Å². The maximum Gasteiger partial charge on any atom is 0.251 e. The van der Waals surface area contributed by atoms with Crippen LogP contribution in [0.15, 0.2) is 67.1 Å². The lowest BCUT2D eigenvalue weighted by molar-refractivity contribution is 0.0949. The van der Waals surface area contributed by atoms with Crippen molar-refractivity contribution in [2.45, 2.75) is 20.0 Å². The molecule has 0 spiro atoms. The van der Waals surface area contributed by atoms with E-state index in [-0.39, 0.29) is 5.91 Å². The highest BCUT2D eigenvalue weighted by atomic mass is 16.1. The van der Waals surface area contributed by atoms with Gasteiger partial charge >= 0.3 is 0 Å². The van der Waals surface area contributed by atoms with Crippen molar-refractivity contribution in [1.29, 1.82) is 0 Å². The molecule has 0 aliphatic rings. The lowest BCUT2D eigenvalue weighted by atomic mass is 10.1. The molecule has 6 nitrogen and oxygen atoms in total. The zero-order chi connectivity index (χ0) is 18.6. The van der Waals surface area contributed by atoms with E-state index in [2.05, 4.69) is 51.5 Å². The van der Waals surface area contributed by atoms with Gasteiger partial charge in [0.1, 0.15) is 11.3 Å². The molecular weight excluding hydrogens is 338 g/mol. The van der Waals surface area contributed by atoms with Crippen LogP contribution in [0.2, 0.25) is 0 Å². The van der Waals surface area contributed by atoms with Crippen LogP contribution in [0.25, 0.3) is 11.2 Å². The quantitative estimate of drug-likeness (QED) is 0.596. The second-order valence-corrected chi connectivity index (χ2v) is 6.36. The molecule has 0 unspecified atom stereocenters. The van der Waals surface area contributed by atoms with E-state index < -0.39 is 0 Å². The van der Waals surface area contributed by atoms with Crippen molar-refractivity contribution in [1.82, 2.24) is 24.8 Å². The van der Waals surface area contributed by atoms with Gasteiger partial charge in [0.25, 0.3) is 5.91 Å². The fourth-order valence-electron chi connectivity index (χ4n) is 2.95. The summed E-state index contributed by atoms with van der Waals surface area (Å²) in [5, 5.41) is 2.93. The van der Waals surface area contributed by atoms with E-state index in [1.54, 1.807) is 30.7 Å². The first-order chi connectivity index (χ1) is 13.2. The molecule has 1 aromatic carbocycles. The standard InChI is InChI=1S/C21H19N5O/c1-15-4-6-16(7-5-15)14-26-19(25-18-3-2-10-23-20(18)26)13-24-21(27)17-8-11-22-12-9-17/h2-12H,13-14H2,1H3,(H,24,27). The molecule has 0 saturated heterocycles. The lowest BCUT2D eigenvalue weighted by Crippen LogP contribution is -2.25. The first kappa shape index (κ1) is 16.9. The van der Waals surface area contributed by atoms with Crippen molar-refractivity contribution in [3.63, 3.8) is 0 Å². The van der Waals surface area contributed by atoms with Gasteiger partial charge in [0, 0.05) is 24.2 Å². The summed E-state index contributed by atoms with van der Waals surface area (Å²) in [5.41, 5.74) is 4.58. The van der Waals surface area contributed by atoms with Crippen molar-refractivity contribution in [2.75, 3.05) is 0 Å². The van der Waals surface area contributed by atoms with E-state index in [9.17, 15) is 4.79 Å². The van der Waals surface area contributed by atoms with Crippen molar-refractivity contribution in [3.05, 3.63) is 89.6 Å². The fourth-order valence-corrected chi connectivity index (χ4v) is 2.95. The Labute approximate surface area is 156 Å². The number of rotatable bonds is 5. The Kier molecular flexibility index (Phi) is 4.61. The van der Waals surface area contributed by atoms with Crippen molar-refractivity contribution in [3.8, 4) is 0 Å². The molecule has 0 aliphatic carbocycles. The predicted molar refractivity (Wildman–Crippen MR) is 103 cm³/mol. The maximum atomic E-state index is 12.3. The van der Waals surface area contributed by atoms with E-state index in [4.69, 9.17) is 0 Å². The molecule has 1 amide bonds. The normalized spacial score (nSPS) is 10.9. The first-order valence-corrected chi connectivity index (χ1v) is 8.74. The SMILES string of the molecule is Cc1ccc(Cn2c(CNC(=O)c3ccncc3)nc3cccnc32)cc1. The monoisotopic (exact) mass is 357 g/mol. The van der Waals surface area contributed by atoms with Crippen LogP contribution in [-0.2, 0) is 13.1 Å². The topological polar surface area (TPSA) is 72.7 Å². The Balaban J connectivity index is 1.61. The highest BCUT2D eigenvalue weighted by Gasteiger charge is 2.13. The van der Waals surface area contributed by atoms with Gasteiger partial charge in [-0.1, -0.05) is 29.8 Å². The Morgan fingerprint density at radius 3 is 2.59 bits per heavy atom. The van der Waals surface area contributed by atoms with Crippen molar-refractivity contribution < 1.29 is 4.79 Å². The molecule has 4 aromatic rings. The summed E-state index contributed by atoms with van der Waals surface area (Å²) in [5.74, 6) is 0.617. The van der Waals surface area contributed by atoms with Gasteiger partial charge in [-0.05, 0) is 36.8 Å². The van der Waals surface area contributed by atoms with Crippen LogP contribution in [-0.4, -0.2) is 25.4 Å². The molecule has 3 heterocycles. The summed E-state index contributed by atoms with van der Waals surface area (Å²) in [7, 11) is 0. The average molecular weight is 357 g/mol. The number of hydrogen-bond acceptors (Lipinski definition) is 4. The Hall–Kier alpha value is -3.54. The Morgan fingerprint density at radius 1 is 1.04 bits per heavy atom. The largest absolute Gasteiger partial charge is 0.345 e. The van der Waals surface area contributed by atoms with E-state index in [1.165, 1.54) is 5.56 Å². The van der Waals surface area contributed by atoms with Gasteiger partial charge in [-0.15, -0.1) is 0 Å². The molecule has 27 heavy (non-hydrogen) atoms. The second-order valence-electron chi connectivity index (χ2n) is 6.36. The van der Waals surface area contributed by atoms with Crippen LogP contribution >= 0.6 is 0 Å². The lowest BCUT2D eigenvalue weighted by Gasteiger charge is -2.10. The fraction of sp³-hybridized carbons (Fsp3) is 0.143. The van der Waals surface area contributed by atoms with Crippen LogP contribution in [0.4, 0.5) is 0 Å². The molecule has 0 aliphatic heterocycles. The highest BCUT2D eigenvalue weighted by Crippen LogP contribution is 2.16. The predicted octanol–water partition coefficient (Wildman–Crippen LogP) is 3.11. The summed E-state index contributed by atoms with van der Waals surface area (Å²) in [6.45, 7) is 3.04. The van der Waals surface area contributed by atoms with E-state index >= 15 is 0 Å². The molecule has 0 fully saturated rings. The number of aromatic nitrogens is 4. The second kappa shape index (κ2) is 7.37. The molecule has 134 valence electrons. The third-order valence-electron chi connectivity index (χ3n) is 4.39. The zero-order valence-electron chi connectivity index (χ0n) is 15.0. The van der Waals surface area contributed by atoms with Crippen molar-refractivity contribution in [2.24, 2.45) is 0 Å². The molecule has 6 heteroatoms. The number of carbonyl (C=O) groups excluding carboxylic acids is 1. The minimum absolute atomic E-state index is 0.153. The Morgan fingerprint density at radius 2 is 1.81 bits per heavy atom. The van der Waals surface area contributed by atoms with E-state index in [0.29, 0.717) is 18.7 Å². The number of imidazole rings is 1. The molecule has 0 atom stereocenters. The summed E-state index contributed by atoms with van der Waals surface area (Å²) >= 11 is 0. The summed E-state index contributed by atoms with van der Waals surface area (Å²) in [6, 6.07) is 15.6. The zero-order valence-corrected chi connectivity index (χ0v) is 15.0. The van der Waals surface area contributed by atoms with Gasteiger partial charge < -0.3 is 9.88 Å². The molecule has 0 saturated carbocycles. The molecule has 0 bridgehead atoms. The van der Waals surface area contributed by atoms with Gasteiger partial charge in [0.15, 0.2) is 5.65 Å². The van der Waals surface area contributed by atoms with Gasteiger partial charge in [0.2, 0.25) is 0 Å². The van der Waals surface area contributed by atoms with Crippen LogP contribution in [0.1, 0.15) is 27.3 Å². The smallest absolute Gasteiger partial charge is 0.251 e. The van der Waals surface area contributed by atoms with Gasteiger partial charge in [0.05, 0.1) is 13.1 Å². The van der Waals surface area contributed by atoms with Gasteiger partial charge in [-0.3, -0.25) is 9.78 Å². The first-order valence-electron chi connectivity index (χ1n) is 8.74. The number of carbonyl (C=O) groups is 1. The highest BCUT2D eigenvalue weighted by molar-refractivity contribution is 5.93. The maximum absolute atomic E-state index is 12.3. The van der Waals surface area contributed by atoms with Gasteiger partial charge in [-0.2, -0.15) is 0 Å². The van der Waals surface area contributed by atoms with Crippen LogP contribution in [0.3, 0.4) is 0 Å². The summed E-state index contributed by atoms with van der Waals surface area (Å²) in [6.07, 6.45) is 4.96. The minimum Gasteiger partial charge on any atom is -0.345 e. The number of aryl methyl sites for hydroxylation is 1. The molecule has 3 aromatic heterocycles. The van der Waals surface area contributed by atoms with Crippen LogP contribution in [0.5, 0.6) is 0 Å². The number of hydrogen-bond donors (Lipinski definition) is 1. The molecule has 0 radical (unpaired) electrons. The number of amides is 1. The number of pyridine rings is 2. The van der Waals surface area contributed by atoms with Crippen molar-refractivity contribution >= 4 is 17.1 Å². The van der Waals surface area contributed by atoms with Crippen LogP contribution < -0.4 is 5.32 Å². The number of nitrogens with one attached hydrogen (secondary N) is 1. The minimum atomic E-state index is -0.153. The molecule has 1 N–H and O–H groups in total. The molecule has 4 rings (SSSR count). The molecular formula is C21H19N5O. The summed E-state index contributed by atoms with van der Waals surface area (Å²) < 4.78 is 2.05. The number of fused-ring (bicyclic) bond motifs is 1. The third-order valence-corrected chi connectivity index (χ3v) is 4.39. The average Bonchev–Trinajstić information content (AvgIpc) is 3.06. The third kappa shape index (κ3) is 3.69.